The summed E-state index contributed by atoms with van der Waals surface area (Å²) in [5.41, 5.74) is 1.38. The highest BCUT2D eigenvalue weighted by Crippen LogP contribution is 2.23. The minimum absolute atomic E-state index is 0.745. The van der Waals surface area contributed by atoms with Crippen LogP contribution in [0.2, 0.25) is 0 Å². The Kier molecular flexibility index (Phi) is 0.621. The van der Waals surface area contributed by atoms with Crippen LogP contribution in [-0.4, -0.2) is 7.05 Å². The summed E-state index contributed by atoms with van der Waals surface area (Å²) in [5, 5.41) is 3.05. The van der Waals surface area contributed by atoms with Gasteiger partial charge < -0.3 is 5.32 Å². The second-order valence-corrected chi connectivity index (χ2v) is 1.66. The molecule has 1 nitrogen and oxygen atoms in total. The molecular formula is C5H9N. The summed E-state index contributed by atoms with van der Waals surface area (Å²) < 4.78 is 0. The van der Waals surface area contributed by atoms with Gasteiger partial charge in [0.1, 0.15) is 0 Å². The van der Waals surface area contributed by atoms with Crippen molar-refractivity contribution in [2.75, 3.05) is 7.05 Å². The molecule has 1 heteroatoms. The third-order valence-corrected chi connectivity index (χ3v) is 1.10. The van der Waals surface area contributed by atoms with Gasteiger partial charge in [0.05, 0.1) is 0 Å². The summed E-state index contributed by atoms with van der Waals surface area (Å²) in [4.78, 5) is 0. The first-order chi connectivity index (χ1) is 2.84. The molecule has 0 unspecified atom stereocenters. The van der Waals surface area contributed by atoms with Crippen molar-refractivity contribution in [1.29, 1.82) is 0 Å². The Bertz CT molecular complexity index is 83.9. The Morgan fingerprint density at radius 2 is 2.33 bits per heavy atom. The molecule has 0 saturated carbocycles. The van der Waals surface area contributed by atoms with Gasteiger partial charge in [0, 0.05) is 18.7 Å². The maximum Gasteiger partial charge on any atom is 0.0155 e. The maximum atomic E-state index is 3.05. The van der Waals surface area contributed by atoms with Crippen molar-refractivity contribution in [3.63, 3.8) is 0 Å². The van der Waals surface area contributed by atoms with Crippen LogP contribution in [0.25, 0.3) is 0 Å². The van der Waals surface area contributed by atoms with Gasteiger partial charge in [0.2, 0.25) is 0 Å². The molecule has 0 bridgehead atoms. The van der Waals surface area contributed by atoms with Crippen LogP contribution < -0.4 is 5.32 Å². The van der Waals surface area contributed by atoms with Gasteiger partial charge in [-0.25, -0.2) is 0 Å². The van der Waals surface area contributed by atoms with E-state index in [0.717, 1.165) is 5.92 Å². The zero-order valence-electron chi connectivity index (χ0n) is 4.15. The summed E-state index contributed by atoms with van der Waals surface area (Å²) in [7, 11) is 1.95. The average molecular weight is 83.1 g/mol. The Balaban J connectivity index is 2.23. The Hall–Kier alpha value is -0.460. The van der Waals surface area contributed by atoms with E-state index in [0.29, 0.717) is 0 Å². The van der Waals surface area contributed by atoms with Crippen molar-refractivity contribution in [2.45, 2.75) is 6.92 Å². The molecule has 34 valence electrons. The molecule has 0 aromatic heterocycles. The van der Waals surface area contributed by atoms with Crippen molar-refractivity contribution < 1.29 is 0 Å². The van der Waals surface area contributed by atoms with Crippen LogP contribution in [0.15, 0.2) is 11.8 Å². The summed E-state index contributed by atoms with van der Waals surface area (Å²) in [6.07, 6.45) is 2.19. The highest BCUT2D eigenvalue weighted by molar-refractivity contribution is 5.24. The Labute approximate surface area is 38.1 Å². The zero-order valence-corrected chi connectivity index (χ0v) is 4.15. The van der Waals surface area contributed by atoms with Gasteiger partial charge >= 0.3 is 0 Å². The van der Waals surface area contributed by atoms with Crippen LogP contribution in [-0.2, 0) is 0 Å². The van der Waals surface area contributed by atoms with Crippen LogP contribution in [0.1, 0.15) is 6.92 Å². The molecule has 0 fully saturated rings. The fourth-order valence-electron chi connectivity index (χ4n) is 0.532. The van der Waals surface area contributed by atoms with E-state index in [2.05, 4.69) is 18.3 Å². The quantitative estimate of drug-likeness (QED) is 0.493. The smallest absolute Gasteiger partial charge is 0.0155 e. The molecule has 1 N–H and O–H groups in total. The van der Waals surface area contributed by atoms with Crippen molar-refractivity contribution in [3.05, 3.63) is 11.8 Å². The van der Waals surface area contributed by atoms with Gasteiger partial charge in [-0.1, -0.05) is 13.0 Å². The molecule has 0 heterocycles. The summed E-state index contributed by atoms with van der Waals surface area (Å²) in [6, 6.07) is 0. The number of allylic oxidation sites excluding steroid dienone is 2. The minimum atomic E-state index is 0.745. The highest BCUT2D eigenvalue weighted by Gasteiger charge is 2.15. The third-order valence-electron chi connectivity index (χ3n) is 1.10. The van der Waals surface area contributed by atoms with Gasteiger partial charge in [-0.15, -0.1) is 0 Å². The second kappa shape index (κ2) is 1.00. The minimum Gasteiger partial charge on any atom is -0.391 e. The van der Waals surface area contributed by atoms with Gasteiger partial charge in [-0.05, 0) is 0 Å². The van der Waals surface area contributed by atoms with E-state index in [-0.39, 0.29) is 0 Å². The molecule has 0 saturated heterocycles. The third kappa shape index (κ3) is 0.402. The van der Waals surface area contributed by atoms with E-state index in [4.69, 9.17) is 0 Å². The predicted octanol–water partition coefficient (Wildman–Crippen LogP) is 0.739. The van der Waals surface area contributed by atoms with Crippen LogP contribution in [0.5, 0.6) is 0 Å². The molecule has 1 aliphatic carbocycles. The van der Waals surface area contributed by atoms with Crippen LogP contribution in [0.3, 0.4) is 0 Å². The van der Waals surface area contributed by atoms with Gasteiger partial charge in [0.15, 0.2) is 0 Å². The van der Waals surface area contributed by atoms with E-state index in [9.17, 15) is 0 Å². The van der Waals surface area contributed by atoms with E-state index >= 15 is 0 Å². The van der Waals surface area contributed by atoms with E-state index < -0.39 is 0 Å². The van der Waals surface area contributed by atoms with Gasteiger partial charge in [-0.3, -0.25) is 0 Å². The van der Waals surface area contributed by atoms with Crippen molar-refractivity contribution >= 4 is 0 Å². The molecule has 0 spiro atoms. The van der Waals surface area contributed by atoms with E-state index in [1.54, 1.807) is 0 Å². The maximum absolute atomic E-state index is 3.05. The molecule has 0 radical (unpaired) electrons. The lowest BCUT2D eigenvalue weighted by molar-refractivity contribution is 0.908. The molecule has 6 heavy (non-hydrogen) atoms. The topological polar surface area (TPSA) is 12.0 Å². The van der Waals surface area contributed by atoms with Crippen molar-refractivity contribution in [3.8, 4) is 0 Å². The van der Waals surface area contributed by atoms with E-state index in [1.165, 1.54) is 5.70 Å². The van der Waals surface area contributed by atoms with Crippen LogP contribution >= 0.6 is 0 Å². The number of rotatable bonds is 1. The van der Waals surface area contributed by atoms with Gasteiger partial charge in [0.25, 0.3) is 0 Å². The lowest BCUT2D eigenvalue weighted by atomic mass is 10.4. The van der Waals surface area contributed by atoms with Crippen molar-refractivity contribution in [2.24, 2.45) is 5.92 Å². The molecule has 0 aliphatic heterocycles. The first-order valence-corrected chi connectivity index (χ1v) is 2.24. The average Bonchev–Trinajstić information content (AvgIpc) is 2.19. The van der Waals surface area contributed by atoms with Crippen LogP contribution in [0.4, 0.5) is 0 Å². The highest BCUT2D eigenvalue weighted by atomic mass is 14.9. The summed E-state index contributed by atoms with van der Waals surface area (Å²) in [6.45, 7) is 2.17. The molecule has 0 aromatic carbocycles. The standard InChI is InChI=1S/C5H9N/c1-4-3-5(4)6-2/h3-4,6H,1-2H3/t4-/m0/s1. The summed E-state index contributed by atoms with van der Waals surface area (Å²) >= 11 is 0. The first kappa shape index (κ1) is 3.72. The van der Waals surface area contributed by atoms with E-state index in [1.807, 2.05) is 7.05 Å². The second-order valence-electron chi connectivity index (χ2n) is 1.66. The summed E-state index contributed by atoms with van der Waals surface area (Å²) in [5.74, 6) is 0.745. The zero-order chi connectivity index (χ0) is 4.57. The van der Waals surface area contributed by atoms with Gasteiger partial charge in [-0.2, -0.15) is 0 Å². The van der Waals surface area contributed by atoms with Crippen LogP contribution in [0, 0.1) is 5.92 Å². The number of hydrogen-bond donors (Lipinski definition) is 1. The normalized spacial score (nSPS) is 29.0. The molecule has 0 aromatic rings. The lowest BCUT2D eigenvalue weighted by Crippen LogP contribution is -1.97. The Morgan fingerprint density at radius 1 is 1.83 bits per heavy atom. The Morgan fingerprint density at radius 3 is 2.33 bits per heavy atom. The SMILES string of the molecule is CNC1=C[C@@H]1C. The number of nitrogens with one attached hydrogen (secondary N) is 1. The molecule has 1 aliphatic rings. The largest absolute Gasteiger partial charge is 0.391 e. The number of hydrogen-bond acceptors (Lipinski definition) is 1. The van der Waals surface area contributed by atoms with Crippen molar-refractivity contribution in [1.82, 2.24) is 5.32 Å². The fraction of sp³-hybridized carbons (Fsp3) is 0.600. The lowest BCUT2D eigenvalue weighted by Gasteiger charge is -1.85. The molecule has 1 rings (SSSR count). The molecular weight excluding hydrogens is 74.1 g/mol. The molecule has 0 amide bonds. The molecule has 1 atom stereocenters. The predicted molar refractivity (Wildman–Crippen MR) is 26.3 cm³/mol. The monoisotopic (exact) mass is 83.1 g/mol. The fourth-order valence-corrected chi connectivity index (χ4v) is 0.532. The first-order valence-electron chi connectivity index (χ1n) is 2.24.